The van der Waals surface area contributed by atoms with Crippen molar-refractivity contribution in [2.75, 3.05) is 12.4 Å². The van der Waals surface area contributed by atoms with Gasteiger partial charge in [-0.05, 0) is 41.8 Å². The molecule has 26 heavy (non-hydrogen) atoms. The van der Waals surface area contributed by atoms with E-state index in [0.29, 0.717) is 0 Å². The molecule has 1 aliphatic heterocycles. The first-order valence-corrected chi connectivity index (χ1v) is 10.1. The molecule has 0 fully saturated rings. The zero-order valence-electron chi connectivity index (χ0n) is 15.8. The van der Waals surface area contributed by atoms with E-state index < -0.39 is 0 Å². The van der Waals surface area contributed by atoms with E-state index in [0.717, 1.165) is 25.4 Å². The fourth-order valence-electron chi connectivity index (χ4n) is 2.81. The van der Waals surface area contributed by atoms with Gasteiger partial charge in [0, 0.05) is 19.0 Å². The smallest absolute Gasteiger partial charge is 0.0427 e. The normalized spacial score (nSPS) is 13.0. The van der Waals surface area contributed by atoms with Gasteiger partial charge in [-0.3, -0.25) is 0 Å². The summed E-state index contributed by atoms with van der Waals surface area (Å²) in [4.78, 5) is 2.34. The van der Waals surface area contributed by atoms with E-state index in [-0.39, 0.29) is 0 Å². The van der Waals surface area contributed by atoms with Crippen LogP contribution in [0.25, 0.3) is 0 Å². The molecule has 138 valence electrons. The van der Waals surface area contributed by atoms with Crippen molar-refractivity contribution >= 4 is 11.6 Å². The number of hydrogen-bond acceptors (Lipinski definition) is 1. The van der Waals surface area contributed by atoms with E-state index in [9.17, 15) is 0 Å². The highest BCUT2D eigenvalue weighted by Gasteiger charge is 2.05. The second-order valence-electron chi connectivity index (χ2n) is 6.57. The maximum absolute atomic E-state index is 5.38. The van der Waals surface area contributed by atoms with Gasteiger partial charge in [-0.15, -0.1) is 11.6 Å². The summed E-state index contributed by atoms with van der Waals surface area (Å²) < 4.78 is 0. The summed E-state index contributed by atoms with van der Waals surface area (Å²) in [6.45, 7) is 4.15. The Balaban J connectivity index is 0.000000352. The van der Waals surface area contributed by atoms with Gasteiger partial charge in [-0.2, -0.15) is 0 Å². The van der Waals surface area contributed by atoms with Gasteiger partial charge in [0.1, 0.15) is 0 Å². The third kappa shape index (κ3) is 7.93. The van der Waals surface area contributed by atoms with E-state index in [1.54, 1.807) is 0 Å². The summed E-state index contributed by atoms with van der Waals surface area (Å²) in [5, 5.41) is 0. The summed E-state index contributed by atoms with van der Waals surface area (Å²) in [5.74, 6) is 0.827. The lowest BCUT2D eigenvalue weighted by atomic mass is 10.0. The molecule has 0 spiro atoms. The van der Waals surface area contributed by atoms with Gasteiger partial charge in [0.25, 0.3) is 0 Å². The number of allylic oxidation sites excluding steroid dienone is 2. The molecule has 2 aromatic carbocycles. The molecule has 1 nitrogen and oxygen atoms in total. The molecule has 0 atom stereocenters. The fraction of sp³-hybridized carbons (Fsp3) is 0.333. The molecule has 0 aromatic heterocycles. The highest BCUT2D eigenvalue weighted by molar-refractivity contribution is 6.17. The maximum atomic E-state index is 5.38. The largest absolute Gasteiger partial charge is 0.369 e. The Hall–Kier alpha value is -1.99. The van der Waals surface area contributed by atoms with Crippen LogP contribution < -0.4 is 0 Å². The van der Waals surface area contributed by atoms with Crippen LogP contribution in [0.15, 0.2) is 84.6 Å². The minimum atomic E-state index is 0.827. The number of halogens is 1. The standard InChI is InChI=1S/C19H19N.C5H11Cl/c1-3-7-17(8-4-1)15-18-11-13-20(14-12-18)16-19-9-5-2-6-10-19;1-2-3-4-5-6/h1-13H,14-16H2;2-5H2,1H3. The summed E-state index contributed by atoms with van der Waals surface area (Å²) in [6.07, 6.45) is 11.5. The number of unbranched alkanes of at least 4 members (excludes halogenated alkanes) is 2. The van der Waals surface area contributed by atoms with Crippen LogP contribution in [0.2, 0.25) is 0 Å². The van der Waals surface area contributed by atoms with Gasteiger partial charge in [0.05, 0.1) is 0 Å². The number of nitrogens with zero attached hydrogens (tertiary/aromatic N) is 1. The predicted molar refractivity (Wildman–Crippen MR) is 114 cm³/mol. The van der Waals surface area contributed by atoms with Crippen LogP contribution in [0.5, 0.6) is 0 Å². The summed E-state index contributed by atoms with van der Waals surface area (Å²) in [7, 11) is 0. The average molecular weight is 368 g/mol. The second kappa shape index (κ2) is 12.4. The molecular formula is C24H30ClN. The van der Waals surface area contributed by atoms with E-state index >= 15 is 0 Å². The molecule has 1 heterocycles. The van der Waals surface area contributed by atoms with E-state index in [1.165, 1.54) is 36.0 Å². The van der Waals surface area contributed by atoms with Crippen molar-refractivity contribution in [3.05, 3.63) is 95.7 Å². The number of hydrogen-bond donors (Lipinski definition) is 0. The van der Waals surface area contributed by atoms with E-state index in [2.05, 4.69) is 90.8 Å². The Morgan fingerprint density at radius 3 is 2.04 bits per heavy atom. The first kappa shape index (κ1) is 20.3. The SMILES string of the molecule is C1=CN(Cc2ccccc2)CC=C1Cc1ccccc1.CCCCCCl. The van der Waals surface area contributed by atoms with E-state index in [4.69, 9.17) is 11.6 Å². The lowest BCUT2D eigenvalue weighted by Gasteiger charge is -2.22. The monoisotopic (exact) mass is 367 g/mol. The molecule has 0 N–H and O–H groups in total. The zero-order valence-corrected chi connectivity index (χ0v) is 16.5. The molecule has 0 saturated carbocycles. The predicted octanol–water partition coefficient (Wildman–Crippen LogP) is 6.60. The third-order valence-corrected chi connectivity index (χ3v) is 4.57. The molecule has 0 bridgehead atoms. The number of rotatable bonds is 7. The molecular weight excluding hydrogens is 338 g/mol. The molecule has 0 unspecified atom stereocenters. The van der Waals surface area contributed by atoms with E-state index in [1.807, 2.05) is 0 Å². The highest BCUT2D eigenvalue weighted by Crippen LogP contribution is 2.15. The van der Waals surface area contributed by atoms with Gasteiger partial charge in [0.15, 0.2) is 0 Å². The maximum Gasteiger partial charge on any atom is 0.0427 e. The highest BCUT2D eigenvalue weighted by atomic mass is 35.5. The Morgan fingerprint density at radius 2 is 1.54 bits per heavy atom. The van der Waals surface area contributed by atoms with Crippen LogP contribution in [0.3, 0.4) is 0 Å². The van der Waals surface area contributed by atoms with Gasteiger partial charge >= 0.3 is 0 Å². The van der Waals surface area contributed by atoms with Crippen molar-refractivity contribution in [2.24, 2.45) is 0 Å². The third-order valence-electron chi connectivity index (χ3n) is 4.30. The Labute approximate surface area is 164 Å². The molecule has 1 aliphatic rings. The zero-order chi connectivity index (χ0) is 18.5. The molecule has 0 aliphatic carbocycles. The van der Waals surface area contributed by atoms with Gasteiger partial charge in [0.2, 0.25) is 0 Å². The molecule has 3 rings (SSSR count). The van der Waals surface area contributed by atoms with Gasteiger partial charge in [-0.1, -0.05) is 86.5 Å². The minimum Gasteiger partial charge on any atom is -0.369 e. The second-order valence-corrected chi connectivity index (χ2v) is 6.95. The van der Waals surface area contributed by atoms with Crippen molar-refractivity contribution in [3.8, 4) is 0 Å². The van der Waals surface area contributed by atoms with Crippen molar-refractivity contribution in [2.45, 2.75) is 39.2 Å². The van der Waals surface area contributed by atoms with Crippen molar-refractivity contribution in [1.29, 1.82) is 0 Å². The Kier molecular flexibility index (Phi) is 9.67. The summed E-state index contributed by atoms with van der Waals surface area (Å²) in [5.41, 5.74) is 4.14. The van der Waals surface area contributed by atoms with Gasteiger partial charge in [-0.25, -0.2) is 0 Å². The minimum absolute atomic E-state index is 0.827. The molecule has 0 amide bonds. The van der Waals surface area contributed by atoms with Gasteiger partial charge < -0.3 is 4.90 Å². The first-order chi connectivity index (χ1) is 12.8. The van der Waals surface area contributed by atoms with Crippen LogP contribution in [-0.2, 0) is 13.0 Å². The molecule has 0 radical (unpaired) electrons. The first-order valence-electron chi connectivity index (χ1n) is 9.57. The summed E-state index contributed by atoms with van der Waals surface area (Å²) in [6, 6.07) is 21.3. The topological polar surface area (TPSA) is 3.24 Å². The van der Waals surface area contributed by atoms with Crippen LogP contribution in [0.1, 0.15) is 37.3 Å². The van der Waals surface area contributed by atoms with Crippen LogP contribution in [0.4, 0.5) is 0 Å². The molecule has 0 saturated heterocycles. The lowest BCUT2D eigenvalue weighted by molar-refractivity contribution is 0.403. The Bertz CT molecular complexity index is 657. The van der Waals surface area contributed by atoms with Crippen molar-refractivity contribution in [1.82, 2.24) is 4.90 Å². The number of benzene rings is 2. The number of alkyl halides is 1. The molecule has 2 heteroatoms. The van der Waals surface area contributed by atoms with Crippen LogP contribution in [0, 0.1) is 0 Å². The van der Waals surface area contributed by atoms with Crippen molar-refractivity contribution in [3.63, 3.8) is 0 Å². The fourth-order valence-corrected chi connectivity index (χ4v) is 3.00. The van der Waals surface area contributed by atoms with Crippen LogP contribution >= 0.6 is 11.6 Å². The lowest BCUT2D eigenvalue weighted by Crippen LogP contribution is -2.19. The van der Waals surface area contributed by atoms with Crippen molar-refractivity contribution < 1.29 is 0 Å². The summed E-state index contributed by atoms with van der Waals surface area (Å²) >= 11 is 5.38. The van der Waals surface area contributed by atoms with Crippen LogP contribution in [-0.4, -0.2) is 17.3 Å². The molecule has 2 aromatic rings. The Morgan fingerprint density at radius 1 is 0.885 bits per heavy atom. The quantitative estimate of drug-likeness (QED) is 0.393. The average Bonchev–Trinajstić information content (AvgIpc) is 2.70.